The number of aromatic nitrogens is 7. The predicted molar refractivity (Wildman–Crippen MR) is 347 cm³/mol. The number of ether oxygens (including phenoxy) is 7. The number of aliphatic hydroxyl groups excluding tert-OH is 1. The molecular formula is C61H63N13O17S5. The first-order valence-corrected chi connectivity index (χ1v) is 34.0. The highest BCUT2D eigenvalue weighted by molar-refractivity contribution is 7.14. The van der Waals surface area contributed by atoms with Crippen LogP contribution in [0.3, 0.4) is 0 Å². The number of hydrogen-bond donors (Lipinski definition) is 7. The van der Waals surface area contributed by atoms with E-state index in [2.05, 4.69) is 36.2 Å². The lowest BCUT2D eigenvalue weighted by atomic mass is 9.85. The third kappa shape index (κ3) is 12.9. The number of rotatable bonds is 8. The average Bonchev–Trinajstić information content (AvgIpc) is 1.58. The molecule has 0 radical (unpaired) electrons. The van der Waals surface area contributed by atoms with Gasteiger partial charge >= 0.3 is 11.9 Å². The SMILES string of the molecule is CO/C(C)=C1/NC(=O)C(C(C)O)NC(=O)c2csc(n2)-c2cc(OC)c(-c3nc(C(=O)N(C)C)cs3)nc2-c2csc(n2)C2COC(=O)c3c4c5c(cccc5n3O)COC(=O)C(OC3CC(C)(O)C(N(C)C)C(C)O3)C(OC4)C(NC(=O)c3csc1n3)c1nc(cs1)C(=O)N2. The number of amides is 5. The van der Waals surface area contributed by atoms with Crippen molar-refractivity contribution in [2.75, 3.05) is 49.0 Å². The fraction of sp³-hybridized carbons (Fsp3) is 0.393. The van der Waals surface area contributed by atoms with Gasteiger partial charge in [0.25, 0.3) is 23.6 Å². The molecule has 11 heterocycles. The Morgan fingerprint density at radius 3 is 2.18 bits per heavy atom. The summed E-state index contributed by atoms with van der Waals surface area (Å²) in [4.78, 5) is 134. The fourth-order valence-corrected chi connectivity index (χ4v) is 16.0. The van der Waals surface area contributed by atoms with E-state index in [1.807, 2.05) is 0 Å². The monoisotopic (exact) mass is 1410 g/mol. The number of fused-ring (bicyclic) bond motifs is 15. The Morgan fingerprint density at radius 1 is 0.802 bits per heavy atom. The number of nitrogens with zero attached hydrogens (tertiary/aromatic N) is 9. The fourth-order valence-electron chi connectivity index (χ4n) is 11.8. The maximum absolute atomic E-state index is 15.2. The Hall–Kier alpha value is -8.75. The van der Waals surface area contributed by atoms with Crippen molar-refractivity contribution in [1.82, 2.24) is 65.7 Å². The number of nitrogens with one attached hydrogen (secondary N) is 4. The molecule has 10 unspecified atom stereocenters. The van der Waals surface area contributed by atoms with E-state index in [1.165, 1.54) is 55.2 Å². The van der Waals surface area contributed by atoms with Crippen molar-refractivity contribution >= 4 is 115 Å². The first-order chi connectivity index (χ1) is 45.8. The molecule has 12 bridgehead atoms. The van der Waals surface area contributed by atoms with Crippen molar-refractivity contribution in [3.8, 4) is 38.4 Å². The molecule has 35 heteroatoms. The van der Waals surface area contributed by atoms with Gasteiger partial charge in [0.2, 0.25) is 5.91 Å². The molecule has 96 heavy (non-hydrogen) atoms. The van der Waals surface area contributed by atoms with Gasteiger partial charge in [-0.3, -0.25) is 24.0 Å². The Morgan fingerprint density at radius 2 is 1.47 bits per heavy atom. The van der Waals surface area contributed by atoms with E-state index in [0.717, 1.165) is 56.7 Å². The number of allylic oxidation sites excluding steroid dienone is 1. The number of esters is 2. The summed E-state index contributed by atoms with van der Waals surface area (Å²) < 4.78 is 44.3. The lowest BCUT2D eigenvalue weighted by molar-refractivity contribution is -0.280. The number of hydrogen-bond acceptors (Lipinski definition) is 29. The summed E-state index contributed by atoms with van der Waals surface area (Å²) in [6.45, 7) is 4.44. The van der Waals surface area contributed by atoms with Gasteiger partial charge in [0.15, 0.2) is 18.1 Å². The normalized spacial score (nSPS) is 24.3. The van der Waals surface area contributed by atoms with Crippen LogP contribution in [-0.2, 0) is 51.2 Å². The smallest absolute Gasteiger partial charge is 0.358 e. The van der Waals surface area contributed by atoms with Crippen molar-refractivity contribution < 1.29 is 82.1 Å². The molecule has 1 saturated heterocycles. The second kappa shape index (κ2) is 27.0. The summed E-state index contributed by atoms with van der Waals surface area (Å²) in [5.74, 6) is -5.83. The largest absolute Gasteiger partial charge is 0.499 e. The van der Waals surface area contributed by atoms with Gasteiger partial charge < -0.3 is 79.6 Å². The van der Waals surface area contributed by atoms with Gasteiger partial charge in [0.1, 0.15) is 120 Å². The van der Waals surface area contributed by atoms with Gasteiger partial charge in [-0.05, 0) is 59.5 Å². The molecule has 5 amide bonds. The molecule has 4 aliphatic rings. The van der Waals surface area contributed by atoms with Crippen LogP contribution in [0.1, 0.15) is 125 Å². The zero-order valence-electron chi connectivity index (χ0n) is 52.8. The molecule has 0 aliphatic carbocycles. The van der Waals surface area contributed by atoms with Gasteiger partial charge in [-0.2, -0.15) is 4.73 Å². The summed E-state index contributed by atoms with van der Waals surface area (Å²) in [5, 5.41) is 54.6. The van der Waals surface area contributed by atoms with Crippen molar-refractivity contribution in [3.05, 3.63) is 112 Å². The first-order valence-electron chi connectivity index (χ1n) is 29.6. The minimum absolute atomic E-state index is 0.0102. The molecule has 12 rings (SSSR count). The molecule has 10 atom stereocenters. The van der Waals surface area contributed by atoms with Crippen molar-refractivity contribution in [1.29, 1.82) is 0 Å². The van der Waals surface area contributed by atoms with Crippen molar-refractivity contribution in [3.63, 3.8) is 0 Å². The Kier molecular flexibility index (Phi) is 18.9. The molecule has 30 nitrogen and oxygen atoms in total. The number of thiazole rings is 5. The first kappa shape index (κ1) is 67.2. The van der Waals surface area contributed by atoms with Crippen molar-refractivity contribution in [2.45, 2.75) is 108 Å². The van der Waals surface area contributed by atoms with Gasteiger partial charge in [0.05, 0.1) is 50.2 Å². The highest BCUT2D eigenvalue weighted by Crippen LogP contribution is 2.43. The summed E-state index contributed by atoms with van der Waals surface area (Å²) in [6.07, 6.45) is -7.40. The maximum atomic E-state index is 15.2. The molecular weight excluding hydrogens is 1350 g/mol. The predicted octanol–water partition coefficient (Wildman–Crippen LogP) is 5.17. The number of carbonyl (C=O) groups is 7. The number of methoxy groups -OCH3 is 2. The third-order valence-electron chi connectivity index (χ3n) is 16.4. The highest BCUT2D eigenvalue weighted by atomic mass is 32.1. The van der Waals surface area contributed by atoms with Gasteiger partial charge in [-0.1, -0.05) is 12.1 Å². The molecule has 0 spiro atoms. The number of likely N-dealkylation sites (N-methyl/N-ethyl adjacent to an activating group) is 1. The van der Waals surface area contributed by atoms with Crippen LogP contribution in [0.2, 0.25) is 0 Å². The van der Waals surface area contributed by atoms with Gasteiger partial charge in [-0.25, -0.2) is 39.5 Å². The molecule has 8 aromatic rings. The molecule has 1 aromatic carbocycles. The van der Waals surface area contributed by atoms with E-state index in [1.54, 1.807) is 75.9 Å². The number of carbonyl (C=O) groups excluding carboxylic acids is 7. The van der Waals surface area contributed by atoms with Crippen LogP contribution in [0, 0.1) is 0 Å². The van der Waals surface area contributed by atoms with E-state index in [0.29, 0.717) is 10.3 Å². The van der Waals surface area contributed by atoms with Crippen LogP contribution in [0.25, 0.3) is 49.3 Å². The van der Waals surface area contributed by atoms with E-state index in [-0.39, 0.29) is 116 Å². The quantitative estimate of drug-likeness (QED) is 0.0586. The summed E-state index contributed by atoms with van der Waals surface area (Å²) in [5.41, 5.74) is -1.32. The van der Waals surface area contributed by atoms with E-state index in [4.69, 9.17) is 48.1 Å². The van der Waals surface area contributed by atoms with Gasteiger partial charge in [0, 0.05) is 63.9 Å². The Bertz CT molecular complexity index is 4430. The second-order valence-electron chi connectivity index (χ2n) is 23.4. The zero-order valence-corrected chi connectivity index (χ0v) is 56.9. The number of cyclic esters (lactones) is 2. The Balaban J connectivity index is 1.05. The molecule has 1 fully saturated rings. The number of aliphatic hydroxyl groups is 2. The topological polar surface area (TPSA) is 382 Å². The molecule has 4 aliphatic heterocycles. The molecule has 504 valence electrons. The lowest BCUT2D eigenvalue weighted by Crippen LogP contribution is -2.62. The average molecular weight is 1410 g/mol. The lowest BCUT2D eigenvalue weighted by Gasteiger charge is -2.48. The Labute approximate surface area is 566 Å². The molecule has 0 saturated carbocycles. The molecule has 7 N–H and O–H groups in total. The number of benzene rings is 1. The van der Waals surface area contributed by atoms with E-state index >= 15 is 14.4 Å². The minimum atomic E-state index is -1.89. The van der Waals surface area contributed by atoms with E-state index in [9.17, 15) is 34.6 Å². The minimum Gasteiger partial charge on any atom is -0.499 e. The molecule has 7 aromatic heterocycles. The van der Waals surface area contributed by atoms with Crippen LogP contribution < -0.4 is 26.0 Å². The maximum Gasteiger partial charge on any atom is 0.358 e. The zero-order chi connectivity index (χ0) is 68.3. The summed E-state index contributed by atoms with van der Waals surface area (Å²) in [7, 11) is 9.46. The third-order valence-corrected chi connectivity index (χ3v) is 20.8. The van der Waals surface area contributed by atoms with Crippen LogP contribution >= 0.6 is 56.7 Å². The van der Waals surface area contributed by atoms with Crippen LogP contribution in [0.15, 0.2) is 56.9 Å². The number of pyridine rings is 1. The standard InChI is InChI=1S/C61H63N13O17S5/c1-24(75)40-52(79)70-41(25(2)85-9)55-65-34(22-94-55)51(78)71-44-46-47(91-38-15-61(4,83)48(72(5)6)26(3)90-38)60(82)88-16-27-12-11-13-36-39(27)29(17-87-46)45(74(36)84)59(81)89-18-30(62-49(76)32-21-95-57(44)66-32)54-63-31(19-93-54)42-28(53-64-33(20-92-53)50(77)69-40)14-37(86-10)43(68-42)56-67-35(23-96-56)58(80)73(7)8/h11-14,19-24,26,30,38,40,44,46-48,75,83-84H,15-18H2,1-10H3,(H,62,76)(H,69,77)(H,70,79)(H,71,78)/b41-25+. The van der Waals surface area contributed by atoms with Crippen molar-refractivity contribution in [2.24, 2.45) is 0 Å². The second-order valence-corrected chi connectivity index (χ2v) is 27.8. The summed E-state index contributed by atoms with van der Waals surface area (Å²) >= 11 is 4.95. The van der Waals surface area contributed by atoms with Crippen LogP contribution in [0.4, 0.5) is 0 Å². The highest BCUT2D eigenvalue weighted by Gasteiger charge is 2.50. The summed E-state index contributed by atoms with van der Waals surface area (Å²) in [6, 6.07) is 1.22. The van der Waals surface area contributed by atoms with Crippen LogP contribution in [-0.4, -0.2) is 199 Å². The van der Waals surface area contributed by atoms with Crippen LogP contribution in [0.5, 0.6) is 5.75 Å². The van der Waals surface area contributed by atoms with E-state index < -0.39 is 122 Å². The van der Waals surface area contributed by atoms with Gasteiger partial charge in [-0.15, -0.1) is 56.7 Å².